The Morgan fingerprint density at radius 2 is 0.912 bits per heavy atom. The molecule has 0 N–H and O–H groups in total. The lowest BCUT2D eigenvalue weighted by atomic mass is 9.92. The lowest BCUT2D eigenvalue weighted by molar-refractivity contribution is -0.283. The van der Waals surface area contributed by atoms with Crippen molar-refractivity contribution in [2.75, 3.05) is 41.2 Å². The van der Waals surface area contributed by atoms with Gasteiger partial charge >= 0.3 is 36.4 Å². The predicted octanol–water partition coefficient (Wildman–Crippen LogP) is 11.5. The van der Waals surface area contributed by atoms with Crippen LogP contribution in [0.3, 0.4) is 0 Å². The SMILES string of the molecule is CCCCCCCCCCC(/C=C/CCCOC[C@H](COC(=O)[C@@](OC)(c1ccccc1)C(F)(F)F)OC(=O)[C@@](OC)(c1ccccc1)C(F)(F)F)OC(=O)[C@@](OC)(c1ccccc1)C(F)(F)F. The van der Waals surface area contributed by atoms with E-state index in [4.69, 9.17) is 33.2 Å². The molecule has 0 bridgehead atoms. The third kappa shape index (κ3) is 14.3. The van der Waals surface area contributed by atoms with Crippen molar-refractivity contribution in [3.05, 3.63) is 120 Å². The number of allylic oxidation sites excluding steroid dienone is 1. The zero-order chi connectivity index (χ0) is 50.5. The van der Waals surface area contributed by atoms with Crippen molar-refractivity contribution < 1.29 is 87.1 Å². The molecule has 0 spiro atoms. The van der Waals surface area contributed by atoms with Crippen LogP contribution in [0.15, 0.2) is 103 Å². The van der Waals surface area contributed by atoms with Crippen LogP contribution < -0.4 is 0 Å². The molecule has 0 radical (unpaired) electrons. The summed E-state index contributed by atoms with van der Waals surface area (Å²) in [5, 5.41) is 0. The van der Waals surface area contributed by atoms with Crippen molar-refractivity contribution in [3.63, 3.8) is 0 Å². The number of hydrogen-bond acceptors (Lipinski definition) is 10. The highest BCUT2D eigenvalue weighted by Gasteiger charge is 2.66. The van der Waals surface area contributed by atoms with Gasteiger partial charge in [0.05, 0.1) is 6.61 Å². The first-order chi connectivity index (χ1) is 32.2. The van der Waals surface area contributed by atoms with E-state index in [9.17, 15) is 53.9 Å². The van der Waals surface area contributed by atoms with E-state index in [1.165, 1.54) is 66.7 Å². The van der Waals surface area contributed by atoms with Crippen LogP contribution >= 0.6 is 0 Å². The topological polar surface area (TPSA) is 116 Å². The summed E-state index contributed by atoms with van der Waals surface area (Å²) in [6.07, 6.45) is -8.33. The lowest BCUT2D eigenvalue weighted by Crippen LogP contribution is -2.54. The smallest absolute Gasteiger partial charge is 0.432 e. The van der Waals surface area contributed by atoms with E-state index < -0.39 is 95.4 Å². The molecule has 0 saturated heterocycles. The molecule has 0 aliphatic rings. The Morgan fingerprint density at radius 3 is 1.32 bits per heavy atom. The van der Waals surface area contributed by atoms with Gasteiger partial charge in [0.1, 0.15) is 12.7 Å². The molecule has 0 saturated carbocycles. The van der Waals surface area contributed by atoms with Crippen LogP contribution in [0, 0.1) is 0 Å². The van der Waals surface area contributed by atoms with E-state index in [1.807, 2.05) is 0 Å². The van der Waals surface area contributed by atoms with Crippen LogP contribution in [0.2, 0.25) is 0 Å². The maximum absolute atomic E-state index is 14.7. The molecule has 378 valence electrons. The summed E-state index contributed by atoms with van der Waals surface area (Å²) in [7, 11) is 1.97. The van der Waals surface area contributed by atoms with Gasteiger partial charge in [0, 0.05) is 44.6 Å². The fourth-order valence-corrected chi connectivity index (χ4v) is 7.44. The molecule has 3 aromatic rings. The van der Waals surface area contributed by atoms with Crippen LogP contribution in [0.1, 0.15) is 94.2 Å². The number of hydrogen-bond donors (Lipinski definition) is 0. The largest absolute Gasteiger partial charge is 0.459 e. The number of esters is 3. The minimum Gasteiger partial charge on any atom is -0.459 e. The van der Waals surface area contributed by atoms with Crippen LogP contribution in [-0.4, -0.2) is 89.8 Å². The fourth-order valence-electron chi connectivity index (χ4n) is 7.44. The second-order valence-corrected chi connectivity index (χ2v) is 15.7. The molecule has 0 fully saturated rings. The lowest BCUT2D eigenvalue weighted by Gasteiger charge is -2.34. The molecule has 68 heavy (non-hydrogen) atoms. The fraction of sp³-hybridized carbons (Fsp3) is 0.531. The Hall–Kier alpha value is -4.98. The van der Waals surface area contributed by atoms with Crippen molar-refractivity contribution >= 4 is 17.9 Å². The van der Waals surface area contributed by atoms with Crippen molar-refractivity contribution in [1.29, 1.82) is 0 Å². The molecular weight excluding hydrogens is 920 g/mol. The normalized spacial score (nSPS) is 16.0. The summed E-state index contributed by atoms with van der Waals surface area (Å²) in [5.74, 6) is -5.74. The van der Waals surface area contributed by atoms with E-state index in [-0.39, 0.29) is 25.9 Å². The molecule has 3 aromatic carbocycles. The zero-order valence-corrected chi connectivity index (χ0v) is 38.4. The maximum atomic E-state index is 14.7. The molecule has 0 aromatic heterocycles. The molecule has 0 aliphatic heterocycles. The molecule has 10 nitrogen and oxygen atoms in total. The average molecular weight is 979 g/mol. The summed E-state index contributed by atoms with van der Waals surface area (Å²) in [5.41, 5.74) is -12.7. The summed E-state index contributed by atoms with van der Waals surface area (Å²) in [6, 6.07) is 17.7. The minimum absolute atomic E-state index is 0.118. The second kappa shape index (κ2) is 26.7. The van der Waals surface area contributed by atoms with Crippen LogP contribution in [-0.2, 0) is 64.3 Å². The molecule has 3 rings (SSSR count). The number of benzene rings is 3. The summed E-state index contributed by atoms with van der Waals surface area (Å²) in [4.78, 5) is 40.4. The molecular formula is C49H59F9O10. The average Bonchev–Trinajstić information content (AvgIpc) is 3.29. The third-order valence-electron chi connectivity index (χ3n) is 11.1. The quantitative estimate of drug-likeness (QED) is 0.0219. The molecule has 0 heterocycles. The number of rotatable bonds is 29. The Bertz CT molecular complexity index is 1980. The van der Waals surface area contributed by atoms with Gasteiger partial charge in [0.15, 0.2) is 6.10 Å². The number of alkyl halides is 9. The van der Waals surface area contributed by atoms with Gasteiger partial charge in [-0.05, 0) is 31.8 Å². The van der Waals surface area contributed by atoms with Crippen molar-refractivity contribution in [2.45, 2.75) is 125 Å². The first-order valence-electron chi connectivity index (χ1n) is 22.1. The van der Waals surface area contributed by atoms with Crippen molar-refractivity contribution in [1.82, 2.24) is 0 Å². The molecule has 1 unspecified atom stereocenters. The first-order valence-corrected chi connectivity index (χ1v) is 22.1. The van der Waals surface area contributed by atoms with E-state index in [1.54, 1.807) is 0 Å². The van der Waals surface area contributed by atoms with Crippen LogP contribution in [0.4, 0.5) is 39.5 Å². The molecule has 0 amide bonds. The summed E-state index contributed by atoms with van der Waals surface area (Å²) in [6.45, 7) is -0.170. The minimum atomic E-state index is -5.44. The number of halogens is 9. The highest BCUT2D eigenvalue weighted by Crippen LogP contribution is 2.46. The predicted molar refractivity (Wildman–Crippen MR) is 231 cm³/mol. The number of carbonyl (C=O) groups excluding carboxylic acids is 3. The van der Waals surface area contributed by atoms with Gasteiger partial charge in [-0.15, -0.1) is 0 Å². The van der Waals surface area contributed by atoms with Gasteiger partial charge in [-0.3, -0.25) is 0 Å². The standard InChI is InChI=1S/C49H59F9O10/c1-5-6-7-8-9-10-11-22-31-39(67-42(60)45(63-3,48(53,54)55)37-27-18-13-19-28-37)32-23-15-24-33-65-34-40(68-43(61)46(64-4,49(56,57)58)38-29-20-14-21-30-38)35-66-41(59)44(62-2,47(50,51)52)36-25-16-12-17-26-36/h12-14,16-21,23,25-30,32,39-40H,5-11,15,22,24,31,33-35H2,1-4H3/b32-23+/t39?,40-,44+,45+,46+/m1/s1. The Kier molecular flexibility index (Phi) is 22.5. The Morgan fingerprint density at radius 1 is 0.515 bits per heavy atom. The van der Waals surface area contributed by atoms with Gasteiger partial charge in [-0.2, -0.15) is 39.5 Å². The van der Waals surface area contributed by atoms with E-state index in [0.717, 1.165) is 88.5 Å². The number of methoxy groups -OCH3 is 3. The second-order valence-electron chi connectivity index (χ2n) is 15.7. The molecule has 0 aliphatic carbocycles. The van der Waals surface area contributed by atoms with E-state index in [2.05, 4.69) is 6.92 Å². The van der Waals surface area contributed by atoms with Crippen molar-refractivity contribution in [2.24, 2.45) is 0 Å². The monoisotopic (exact) mass is 978 g/mol. The first kappa shape index (κ1) is 57.3. The molecule has 5 atom stereocenters. The highest BCUT2D eigenvalue weighted by molar-refractivity contribution is 5.84. The maximum Gasteiger partial charge on any atom is 0.432 e. The third-order valence-corrected chi connectivity index (χ3v) is 11.1. The van der Waals surface area contributed by atoms with E-state index in [0.29, 0.717) is 20.6 Å². The summed E-state index contributed by atoms with van der Waals surface area (Å²) < 4.78 is 168. The van der Waals surface area contributed by atoms with Crippen LogP contribution in [0.25, 0.3) is 0 Å². The number of ether oxygens (including phenoxy) is 7. The van der Waals surface area contributed by atoms with Gasteiger partial charge in [-0.1, -0.05) is 149 Å². The van der Waals surface area contributed by atoms with Crippen molar-refractivity contribution in [3.8, 4) is 0 Å². The van der Waals surface area contributed by atoms with Gasteiger partial charge < -0.3 is 33.2 Å². The Labute approximate surface area is 390 Å². The van der Waals surface area contributed by atoms with Crippen LogP contribution in [0.5, 0.6) is 0 Å². The summed E-state index contributed by atoms with van der Waals surface area (Å²) >= 11 is 0. The van der Waals surface area contributed by atoms with Gasteiger partial charge in [-0.25, -0.2) is 14.4 Å². The number of unbranched alkanes of at least 4 members (excludes halogenated alkanes) is 8. The highest BCUT2D eigenvalue weighted by atomic mass is 19.4. The molecule has 19 heteroatoms. The Balaban J connectivity index is 1.81. The van der Waals surface area contributed by atoms with Gasteiger partial charge in [0.2, 0.25) is 0 Å². The van der Waals surface area contributed by atoms with Gasteiger partial charge in [0.25, 0.3) is 16.8 Å². The van der Waals surface area contributed by atoms with E-state index >= 15 is 0 Å². The number of carbonyl (C=O) groups is 3. The zero-order valence-electron chi connectivity index (χ0n) is 38.4.